The molecule has 0 atom stereocenters. The van der Waals surface area contributed by atoms with E-state index in [4.69, 9.17) is 9.47 Å². The largest absolute Gasteiger partial charge is 0.454 e. The van der Waals surface area contributed by atoms with Gasteiger partial charge in [0, 0.05) is 0 Å². The van der Waals surface area contributed by atoms with Crippen LogP contribution in [0.5, 0.6) is 11.5 Å². The van der Waals surface area contributed by atoms with Crippen molar-refractivity contribution in [2.24, 2.45) is 0 Å². The second-order valence-corrected chi connectivity index (χ2v) is 3.89. The lowest BCUT2D eigenvalue weighted by Crippen LogP contribution is -1.97. The maximum atomic E-state index is 5.35. The highest BCUT2D eigenvalue weighted by atomic mass is 16.7. The van der Waals surface area contributed by atoms with Crippen molar-refractivity contribution in [2.45, 2.75) is 19.8 Å². The van der Waals surface area contributed by atoms with Crippen LogP contribution in [0.1, 0.15) is 24.5 Å². The molecule has 0 unspecified atom stereocenters. The Hall–Kier alpha value is -1.44. The molecule has 1 aromatic carbocycles. The van der Waals surface area contributed by atoms with E-state index < -0.39 is 0 Å². The van der Waals surface area contributed by atoms with Crippen LogP contribution in [0.15, 0.2) is 17.7 Å². The zero-order valence-corrected chi connectivity index (χ0v) is 8.17. The van der Waals surface area contributed by atoms with Crippen molar-refractivity contribution in [1.29, 1.82) is 0 Å². The molecule has 0 spiro atoms. The summed E-state index contributed by atoms with van der Waals surface area (Å²) in [6.07, 6.45) is 4.52. The van der Waals surface area contributed by atoms with Gasteiger partial charge in [-0.25, -0.2) is 0 Å². The minimum absolute atomic E-state index is 0.362. The Labute approximate surface area is 83.1 Å². The summed E-state index contributed by atoms with van der Waals surface area (Å²) in [6.45, 7) is 2.54. The molecule has 1 aromatic rings. The summed E-state index contributed by atoms with van der Waals surface area (Å²) in [5, 5.41) is 0. The summed E-state index contributed by atoms with van der Waals surface area (Å²) in [5.41, 5.74) is 4.11. The summed E-state index contributed by atoms with van der Waals surface area (Å²) in [6, 6.07) is 4.20. The Kier molecular flexibility index (Phi) is 1.57. The molecule has 2 heteroatoms. The number of hydrogen-bond donors (Lipinski definition) is 0. The van der Waals surface area contributed by atoms with Crippen LogP contribution in [-0.2, 0) is 6.42 Å². The van der Waals surface area contributed by atoms with Crippen LogP contribution in [0.2, 0.25) is 0 Å². The highest BCUT2D eigenvalue weighted by Crippen LogP contribution is 2.37. The van der Waals surface area contributed by atoms with Gasteiger partial charge in [-0.1, -0.05) is 11.6 Å². The molecule has 1 heterocycles. The first-order valence-electron chi connectivity index (χ1n) is 4.92. The van der Waals surface area contributed by atoms with E-state index in [0.29, 0.717) is 6.79 Å². The average molecular weight is 188 g/mol. The lowest BCUT2D eigenvalue weighted by atomic mass is 9.92. The van der Waals surface area contributed by atoms with Crippen molar-refractivity contribution in [1.82, 2.24) is 0 Å². The molecule has 72 valence electrons. The molecule has 1 aliphatic heterocycles. The fourth-order valence-corrected chi connectivity index (χ4v) is 2.02. The van der Waals surface area contributed by atoms with Crippen LogP contribution in [0.25, 0.3) is 6.08 Å². The number of aryl methyl sites for hydroxylation is 1. The van der Waals surface area contributed by atoms with Crippen molar-refractivity contribution in [3.63, 3.8) is 0 Å². The predicted molar refractivity (Wildman–Crippen MR) is 54.5 cm³/mol. The number of benzene rings is 1. The fourth-order valence-electron chi connectivity index (χ4n) is 2.02. The van der Waals surface area contributed by atoms with Crippen molar-refractivity contribution in [3.8, 4) is 11.5 Å². The molecule has 1 aliphatic carbocycles. The molecule has 2 aliphatic rings. The van der Waals surface area contributed by atoms with Gasteiger partial charge in [-0.2, -0.15) is 0 Å². The highest BCUT2D eigenvalue weighted by Gasteiger charge is 2.17. The smallest absolute Gasteiger partial charge is 0.231 e. The molecule has 0 fully saturated rings. The van der Waals surface area contributed by atoms with Gasteiger partial charge in [0.1, 0.15) is 0 Å². The van der Waals surface area contributed by atoms with Gasteiger partial charge >= 0.3 is 0 Å². The lowest BCUT2D eigenvalue weighted by Gasteiger charge is -2.14. The molecule has 0 N–H and O–H groups in total. The van der Waals surface area contributed by atoms with E-state index in [2.05, 4.69) is 25.1 Å². The van der Waals surface area contributed by atoms with Crippen molar-refractivity contribution in [2.75, 3.05) is 6.79 Å². The maximum Gasteiger partial charge on any atom is 0.231 e. The van der Waals surface area contributed by atoms with E-state index in [-0.39, 0.29) is 0 Å². The van der Waals surface area contributed by atoms with E-state index in [1.807, 2.05) is 0 Å². The normalized spacial score (nSPS) is 17.6. The van der Waals surface area contributed by atoms with Crippen molar-refractivity contribution in [3.05, 3.63) is 28.8 Å². The molecule has 0 radical (unpaired) electrons. The number of rotatable bonds is 0. The predicted octanol–water partition coefficient (Wildman–Crippen LogP) is 2.76. The number of ether oxygens (including phenoxy) is 2. The van der Waals surface area contributed by atoms with E-state index in [1.165, 1.54) is 16.7 Å². The van der Waals surface area contributed by atoms with Crippen LogP contribution in [0.4, 0.5) is 0 Å². The van der Waals surface area contributed by atoms with Gasteiger partial charge in [-0.3, -0.25) is 0 Å². The molecular weight excluding hydrogens is 176 g/mol. The second kappa shape index (κ2) is 2.77. The van der Waals surface area contributed by atoms with Gasteiger partial charge in [-0.15, -0.1) is 0 Å². The number of hydrogen-bond acceptors (Lipinski definition) is 2. The topological polar surface area (TPSA) is 18.5 Å². The van der Waals surface area contributed by atoms with Crippen LogP contribution in [0.3, 0.4) is 0 Å². The number of allylic oxidation sites excluding steroid dienone is 1. The molecule has 0 aromatic heterocycles. The van der Waals surface area contributed by atoms with Crippen LogP contribution >= 0.6 is 0 Å². The molecule has 2 nitrogen and oxygen atoms in total. The van der Waals surface area contributed by atoms with Gasteiger partial charge in [0.25, 0.3) is 0 Å². The first-order chi connectivity index (χ1) is 6.83. The zero-order valence-electron chi connectivity index (χ0n) is 8.17. The minimum atomic E-state index is 0.362. The van der Waals surface area contributed by atoms with E-state index in [1.54, 1.807) is 0 Å². The molecule has 0 bridgehead atoms. The highest BCUT2D eigenvalue weighted by molar-refractivity contribution is 5.64. The third-order valence-electron chi connectivity index (χ3n) is 2.82. The monoisotopic (exact) mass is 188 g/mol. The molecule has 0 saturated carbocycles. The third-order valence-corrected chi connectivity index (χ3v) is 2.82. The second-order valence-electron chi connectivity index (χ2n) is 3.89. The first-order valence-corrected chi connectivity index (χ1v) is 4.92. The molecule has 14 heavy (non-hydrogen) atoms. The first kappa shape index (κ1) is 7.92. The third kappa shape index (κ3) is 1.10. The standard InChI is InChI=1S/C12H12O2/c1-8-2-3-9-5-11-12(14-7-13-11)6-10(9)4-8/h4-6H,2-3,7H2,1H3. The minimum Gasteiger partial charge on any atom is -0.454 e. The lowest BCUT2D eigenvalue weighted by molar-refractivity contribution is 0.174. The zero-order chi connectivity index (χ0) is 9.54. The van der Waals surface area contributed by atoms with Crippen LogP contribution < -0.4 is 9.47 Å². The summed E-state index contributed by atoms with van der Waals surface area (Å²) in [7, 11) is 0. The average Bonchev–Trinajstić information content (AvgIpc) is 2.61. The van der Waals surface area contributed by atoms with Gasteiger partial charge in [-0.05, 0) is 43.0 Å². The summed E-state index contributed by atoms with van der Waals surface area (Å²) in [5.74, 6) is 1.78. The van der Waals surface area contributed by atoms with Crippen molar-refractivity contribution < 1.29 is 9.47 Å². The van der Waals surface area contributed by atoms with Crippen LogP contribution in [-0.4, -0.2) is 6.79 Å². The Morgan fingerprint density at radius 2 is 1.86 bits per heavy atom. The summed E-state index contributed by atoms with van der Waals surface area (Å²) >= 11 is 0. The van der Waals surface area contributed by atoms with Gasteiger partial charge in [0.05, 0.1) is 0 Å². The Morgan fingerprint density at radius 1 is 1.07 bits per heavy atom. The Morgan fingerprint density at radius 3 is 2.71 bits per heavy atom. The molecule has 3 rings (SSSR count). The fraction of sp³-hybridized carbons (Fsp3) is 0.333. The van der Waals surface area contributed by atoms with E-state index >= 15 is 0 Å². The maximum absolute atomic E-state index is 5.35. The van der Waals surface area contributed by atoms with Crippen molar-refractivity contribution >= 4 is 6.08 Å². The van der Waals surface area contributed by atoms with Gasteiger partial charge < -0.3 is 9.47 Å². The number of fused-ring (bicyclic) bond motifs is 2. The summed E-state index contributed by atoms with van der Waals surface area (Å²) < 4.78 is 10.7. The van der Waals surface area contributed by atoms with Gasteiger partial charge in [0.2, 0.25) is 6.79 Å². The SMILES string of the molecule is CC1=Cc2cc3c(cc2CC1)OCO3. The summed E-state index contributed by atoms with van der Waals surface area (Å²) in [4.78, 5) is 0. The molecule has 0 amide bonds. The quantitative estimate of drug-likeness (QED) is 0.623. The molecule has 0 saturated heterocycles. The Bertz CT molecular complexity index is 419. The van der Waals surface area contributed by atoms with E-state index in [9.17, 15) is 0 Å². The van der Waals surface area contributed by atoms with Gasteiger partial charge in [0.15, 0.2) is 11.5 Å². The van der Waals surface area contributed by atoms with Crippen LogP contribution in [0, 0.1) is 0 Å². The molecular formula is C12H12O2. The van der Waals surface area contributed by atoms with E-state index in [0.717, 1.165) is 24.3 Å². The Balaban J connectivity index is 2.15.